The lowest BCUT2D eigenvalue weighted by Crippen LogP contribution is -2.53. The van der Waals surface area contributed by atoms with Crippen LogP contribution in [0.3, 0.4) is 0 Å². The summed E-state index contributed by atoms with van der Waals surface area (Å²) in [6, 6.07) is 8.85. The van der Waals surface area contributed by atoms with Gasteiger partial charge in [-0.25, -0.2) is 4.98 Å². The fourth-order valence-electron chi connectivity index (χ4n) is 4.04. The van der Waals surface area contributed by atoms with E-state index in [2.05, 4.69) is 73.9 Å². The molecule has 0 saturated carbocycles. The van der Waals surface area contributed by atoms with Crippen molar-refractivity contribution in [1.82, 2.24) is 30.0 Å². The number of aromatic nitrogens is 2. The van der Waals surface area contributed by atoms with Gasteiger partial charge in [0.2, 0.25) is 0 Å². The number of aliphatic imine (C=N–C) groups is 1. The maximum atomic E-state index is 4.65. The van der Waals surface area contributed by atoms with E-state index in [4.69, 9.17) is 0 Å². The van der Waals surface area contributed by atoms with Crippen LogP contribution < -0.4 is 10.6 Å². The molecule has 1 atom stereocenters. The number of para-hydroxylation sites is 2. The first-order valence-corrected chi connectivity index (χ1v) is 10.9. The number of rotatable bonds is 8. The van der Waals surface area contributed by atoms with Gasteiger partial charge in [0.15, 0.2) is 5.96 Å². The van der Waals surface area contributed by atoms with Crippen LogP contribution in [0.5, 0.6) is 0 Å². The first-order chi connectivity index (χ1) is 14.1. The number of imidazole rings is 1. The highest BCUT2D eigenvalue weighted by molar-refractivity contribution is 5.79. The molecule has 1 unspecified atom stereocenters. The monoisotopic (exact) mass is 399 g/mol. The number of likely N-dealkylation sites (N-methyl/N-ethyl adjacent to an activating group) is 1. The lowest BCUT2D eigenvalue weighted by molar-refractivity contribution is 0.107. The molecule has 29 heavy (non-hydrogen) atoms. The number of guanidine groups is 1. The summed E-state index contributed by atoms with van der Waals surface area (Å²) in [6.07, 6.45) is 1.02. The van der Waals surface area contributed by atoms with Crippen LogP contribution in [0.25, 0.3) is 11.0 Å². The maximum Gasteiger partial charge on any atom is 0.191 e. The molecule has 3 rings (SSSR count). The molecule has 0 spiro atoms. The zero-order chi connectivity index (χ0) is 20.6. The third-order valence-corrected chi connectivity index (χ3v) is 5.96. The number of nitrogens with one attached hydrogen (secondary N) is 2. The second-order valence-corrected chi connectivity index (χ2v) is 7.85. The van der Waals surface area contributed by atoms with Gasteiger partial charge in [-0.15, -0.1) is 0 Å². The van der Waals surface area contributed by atoms with Gasteiger partial charge in [0, 0.05) is 58.9 Å². The minimum Gasteiger partial charge on any atom is -0.356 e. The Kier molecular flexibility index (Phi) is 7.89. The van der Waals surface area contributed by atoms with Crippen molar-refractivity contribution in [2.24, 2.45) is 4.99 Å². The molecule has 160 valence electrons. The first-order valence-electron chi connectivity index (χ1n) is 10.9. The first kappa shape index (κ1) is 21.6. The van der Waals surface area contributed by atoms with E-state index in [0.717, 1.165) is 63.0 Å². The van der Waals surface area contributed by atoms with Gasteiger partial charge in [-0.05, 0) is 38.9 Å². The molecule has 0 aliphatic carbocycles. The molecule has 1 aliphatic heterocycles. The van der Waals surface area contributed by atoms with Crippen LogP contribution in [-0.2, 0) is 6.54 Å². The summed E-state index contributed by atoms with van der Waals surface area (Å²) in [6.45, 7) is 15.2. The number of piperazine rings is 1. The standard InChI is InChI=1S/C22H37N7/c1-5-27-13-15-28(16-14-27)18(2)17-25-22(23-4)24-11-8-12-29-19(3)26-20-9-6-7-10-21(20)29/h6-7,9-10,18H,5,8,11-17H2,1-4H3,(H2,23,24,25). The molecule has 1 aliphatic rings. The summed E-state index contributed by atoms with van der Waals surface area (Å²) in [5.41, 5.74) is 2.29. The second kappa shape index (κ2) is 10.6. The van der Waals surface area contributed by atoms with Crippen molar-refractivity contribution in [1.29, 1.82) is 0 Å². The summed E-state index contributed by atoms with van der Waals surface area (Å²) in [7, 11) is 1.84. The topological polar surface area (TPSA) is 60.7 Å². The number of nitrogens with zero attached hydrogens (tertiary/aromatic N) is 5. The van der Waals surface area contributed by atoms with Gasteiger partial charge in [-0.3, -0.25) is 9.89 Å². The van der Waals surface area contributed by atoms with Gasteiger partial charge in [-0.2, -0.15) is 0 Å². The molecule has 2 heterocycles. The van der Waals surface area contributed by atoms with E-state index in [0.29, 0.717) is 6.04 Å². The molecule has 2 aromatic rings. The molecule has 1 aromatic heterocycles. The molecular weight excluding hydrogens is 362 g/mol. The highest BCUT2D eigenvalue weighted by atomic mass is 15.3. The van der Waals surface area contributed by atoms with Crippen molar-refractivity contribution in [3.63, 3.8) is 0 Å². The highest BCUT2D eigenvalue weighted by Gasteiger charge is 2.20. The van der Waals surface area contributed by atoms with Crippen molar-refractivity contribution < 1.29 is 0 Å². The normalized spacial score (nSPS) is 17.6. The van der Waals surface area contributed by atoms with Crippen LogP contribution in [0.4, 0.5) is 0 Å². The zero-order valence-electron chi connectivity index (χ0n) is 18.5. The fourth-order valence-corrected chi connectivity index (χ4v) is 4.04. The Bertz CT molecular complexity index is 790. The van der Waals surface area contributed by atoms with Gasteiger partial charge in [0.1, 0.15) is 5.82 Å². The quantitative estimate of drug-likeness (QED) is 0.404. The van der Waals surface area contributed by atoms with Crippen LogP contribution in [0.1, 0.15) is 26.1 Å². The van der Waals surface area contributed by atoms with E-state index in [1.54, 1.807) is 0 Å². The second-order valence-electron chi connectivity index (χ2n) is 7.85. The number of hydrogen-bond acceptors (Lipinski definition) is 4. The minimum absolute atomic E-state index is 0.507. The van der Waals surface area contributed by atoms with E-state index < -0.39 is 0 Å². The Labute approximate surface area is 175 Å². The zero-order valence-corrected chi connectivity index (χ0v) is 18.5. The summed E-state index contributed by atoms with van der Waals surface area (Å²) in [5, 5.41) is 6.94. The average Bonchev–Trinajstić information content (AvgIpc) is 3.08. The Balaban J connectivity index is 1.39. The van der Waals surface area contributed by atoms with Gasteiger partial charge in [0.05, 0.1) is 11.0 Å². The Morgan fingerprint density at radius 2 is 1.93 bits per heavy atom. The number of benzene rings is 1. The Hall–Kier alpha value is -2.12. The van der Waals surface area contributed by atoms with E-state index in [1.165, 1.54) is 18.6 Å². The van der Waals surface area contributed by atoms with Crippen LogP contribution in [-0.4, -0.2) is 84.2 Å². The molecule has 7 nitrogen and oxygen atoms in total. The highest BCUT2D eigenvalue weighted by Crippen LogP contribution is 2.15. The van der Waals surface area contributed by atoms with Crippen molar-refractivity contribution in [2.75, 3.05) is 52.9 Å². The van der Waals surface area contributed by atoms with Gasteiger partial charge >= 0.3 is 0 Å². The number of hydrogen-bond donors (Lipinski definition) is 2. The predicted molar refractivity (Wildman–Crippen MR) is 122 cm³/mol. The van der Waals surface area contributed by atoms with E-state index in [9.17, 15) is 0 Å². The van der Waals surface area contributed by atoms with Crippen molar-refractivity contribution >= 4 is 17.0 Å². The Morgan fingerprint density at radius 1 is 1.17 bits per heavy atom. The molecule has 2 N–H and O–H groups in total. The average molecular weight is 400 g/mol. The summed E-state index contributed by atoms with van der Waals surface area (Å²) >= 11 is 0. The number of fused-ring (bicyclic) bond motifs is 1. The van der Waals surface area contributed by atoms with Gasteiger partial charge < -0.3 is 20.1 Å². The van der Waals surface area contributed by atoms with Crippen LogP contribution >= 0.6 is 0 Å². The van der Waals surface area contributed by atoms with Crippen LogP contribution in [0, 0.1) is 6.92 Å². The van der Waals surface area contributed by atoms with Gasteiger partial charge in [0.25, 0.3) is 0 Å². The lowest BCUT2D eigenvalue weighted by Gasteiger charge is -2.37. The smallest absolute Gasteiger partial charge is 0.191 e. The third-order valence-electron chi connectivity index (χ3n) is 5.96. The van der Waals surface area contributed by atoms with Gasteiger partial charge in [-0.1, -0.05) is 19.1 Å². The SMILES string of the molecule is CCN1CCN(C(C)CNC(=NC)NCCCn2c(C)nc3ccccc32)CC1. The summed E-state index contributed by atoms with van der Waals surface area (Å²) < 4.78 is 2.30. The third kappa shape index (κ3) is 5.70. The Morgan fingerprint density at radius 3 is 2.66 bits per heavy atom. The molecule has 0 radical (unpaired) electrons. The van der Waals surface area contributed by atoms with Crippen LogP contribution in [0.2, 0.25) is 0 Å². The summed E-state index contributed by atoms with van der Waals surface area (Å²) in [5.74, 6) is 1.96. The molecular formula is C22H37N7. The minimum atomic E-state index is 0.507. The molecule has 1 aromatic carbocycles. The molecule has 0 amide bonds. The van der Waals surface area contributed by atoms with Crippen molar-refractivity contribution in [2.45, 2.75) is 39.8 Å². The van der Waals surface area contributed by atoms with Crippen LogP contribution in [0.15, 0.2) is 29.3 Å². The largest absolute Gasteiger partial charge is 0.356 e. The summed E-state index contributed by atoms with van der Waals surface area (Å²) in [4.78, 5) is 14.1. The molecule has 1 saturated heterocycles. The molecule has 7 heteroatoms. The van der Waals surface area contributed by atoms with E-state index >= 15 is 0 Å². The van der Waals surface area contributed by atoms with Crippen molar-refractivity contribution in [3.8, 4) is 0 Å². The van der Waals surface area contributed by atoms with E-state index in [-0.39, 0.29) is 0 Å². The predicted octanol–water partition coefficient (Wildman–Crippen LogP) is 1.93. The lowest BCUT2D eigenvalue weighted by atomic mass is 10.2. The van der Waals surface area contributed by atoms with Crippen molar-refractivity contribution in [3.05, 3.63) is 30.1 Å². The molecule has 1 fully saturated rings. The van der Waals surface area contributed by atoms with E-state index in [1.807, 2.05) is 13.1 Å². The maximum absolute atomic E-state index is 4.65. The fraction of sp³-hybridized carbons (Fsp3) is 0.636. The molecule has 0 bridgehead atoms. The number of aryl methyl sites for hydroxylation is 2.